The van der Waals surface area contributed by atoms with Crippen LogP contribution in [-0.4, -0.2) is 0 Å². The summed E-state index contributed by atoms with van der Waals surface area (Å²) in [5.74, 6) is 0. The van der Waals surface area contributed by atoms with E-state index in [1.165, 1.54) is 110 Å². The molecular weight excluding hydrogens is 685 g/mol. The van der Waals surface area contributed by atoms with Crippen molar-refractivity contribution in [1.29, 1.82) is 0 Å². The lowest BCUT2D eigenvalue weighted by Crippen LogP contribution is -1.96. The van der Waals surface area contributed by atoms with Gasteiger partial charge in [0.25, 0.3) is 0 Å². The Morgan fingerprint density at radius 3 is 1.23 bits per heavy atom. The van der Waals surface area contributed by atoms with Gasteiger partial charge in [-0.25, -0.2) is 0 Å². The van der Waals surface area contributed by atoms with E-state index in [1.54, 1.807) is 0 Å². The summed E-state index contributed by atoms with van der Waals surface area (Å²) in [6.45, 7) is 8.94. The van der Waals surface area contributed by atoms with Gasteiger partial charge < -0.3 is 0 Å². The molecule has 0 amide bonds. The number of hydrogen-bond acceptors (Lipinski definition) is 0. The molecule has 0 aromatic heterocycles. The Labute approximate surface area is 335 Å². The van der Waals surface area contributed by atoms with Gasteiger partial charge in [0.2, 0.25) is 0 Å². The fraction of sp³-hybridized carbons (Fsp3) is 0.0526. The third kappa shape index (κ3) is 6.11. The molecule has 0 aliphatic rings. The minimum Gasteiger partial charge on any atom is -0.0955 e. The molecule has 57 heavy (non-hydrogen) atoms. The first-order valence-electron chi connectivity index (χ1n) is 19.9. The Kier molecular flexibility index (Phi) is 8.61. The summed E-state index contributed by atoms with van der Waals surface area (Å²) in [6.07, 6.45) is 0.819. The highest BCUT2D eigenvalue weighted by Gasteiger charge is 2.19. The molecule has 0 heterocycles. The molecule has 0 fully saturated rings. The summed E-state index contributed by atoms with van der Waals surface area (Å²) in [5, 5.41) is 10.2. The third-order valence-electron chi connectivity index (χ3n) is 11.8. The molecular formula is C57H42. The molecule has 10 aromatic carbocycles. The lowest BCUT2D eigenvalue weighted by molar-refractivity contribution is 1.21. The van der Waals surface area contributed by atoms with Crippen LogP contribution in [0.5, 0.6) is 0 Å². The first-order chi connectivity index (χ1) is 28.0. The van der Waals surface area contributed by atoms with E-state index in [-0.39, 0.29) is 0 Å². The predicted molar refractivity (Wildman–Crippen MR) is 247 cm³/mol. The van der Waals surface area contributed by atoms with E-state index in [9.17, 15) is 0 Å². The van der Waals surface area contributed by atoms with Crippen LogP contribution >= 0.6 is 0 Å². The molecule has 0 spiro atoms. The van der Waals surface area contributed by atoms with Crippen molar-refractivity contribution in [1.82, 2.24) is 0 Å². The summed E-state index contributed by atoms with van der Waals surface area (Å²) in [6, 6.07) is 71.5. The summed E-state index contributed by atoms with van der Waals surface area (Å²) in [5.41, 5.74) is 16.1. The van der Waals surface area contributed by atoms with Gasteiger partial charge in [-0.2, -0.15) is 0 Å². The second kappa shape index (κ2) is 14.2. The normalized spacial score (nSPS) is 11.5. The summed E-state index contributed by atoms with van der Waals surface area (Å²) >= 11 is 0. The van der Waals surface area contributed by atoms with Gasteiger partial charge in [-0.05, 0) is 148 Å². The SMILES string of the molecule is C=C(C)c1c2cc(Cc3ccc4c(-c5ccccc5)c5ccc(-c6ccccc6)cc5c(-c5ccccc5)c4c3)ccc2c(C)c2ccc(-c3ccccc3)cc12. The first kappa shape index (κ1) is 34.5. The molecule has 0 atom stereocenters. The van der Waals surface area contributed by atoms with E-state index in [1.807, 2.05) is 0 Å². The second-order valence-corrected chi connectivity index (χ2v) is 15.5. The van der Waals surface area contributed by atoms with Crippen molar-refractivity contribution in [2.45, 2.75) is 20.3 Å². The highest BCUT2D eigenvalue weighted by atomic mass is 14.2. The first-order valence-corrected chi connectivity index (χ1v) is 19.9. The van der Waals surface area contributed by atoms with Crippen LogP contribution in [0.4, 0.5) is 0 Å². The molecule has 0 unspecified atom stereocenters. The molecule has 0 aliphatic heterocycles. The molecule has 0 aliphatic carbocycles. The Balaban J connectivity index is 1.18. The standard InChI is InChI=1S/C57H42/c1-37(2)55-51-33-39(24-28-47(51)38(3)48-30-26-45(35-53(48)55)41-16-8-4-9-17-41)32-40-25-29-49-52(34-40)57(44-22-14-7-15-23-44)54-36-46(42-18-10-5-11-19-42)27-31-50(54)56(49)43-20-12-6-13-21-43/h4-31,33-36H,1,32H2,2-3H3. The van der Waals surface area contributed by atoms with Crippen molar-refractivity contribution >= 4 is 48.7 Å². The number of benzene rings is 10. The van der Waals surface area contributed by atoms with Gasteiger partial charge in [0, 0.05) is 0 Å². The highest BCUT2D eigenvalue weighted by molar-refractivity contribution is 6.22. The monoisotopic (exact) mass is 726 g/mol. The van der Waals surface area contributed by atoms with E-state index < -0.39 is 0 Å². The summed E-state index contributed by atoms with van der Waals surface area (Å²) < 4.78 is 0. The Bertz CT molecular complexity index is 3140. The van der Waals surface area contributed by atoms with Crippen molar-refractivity contribution in [2.75, 3.05) is 0 Å². The Morgan fingerprint density at radius 2 is 0.719 bits per heavy atom. The van der Waals surface area contributed by atoms with Gasteiger partial charge in [-0.1, -0.05) is 189 Å². The maximum absolute atomic E-state index is 4.53. The van der Waals surface area contributed by atoms with Crippen LogP contribution in [0.2, 0.25) is 0 Å². The molecule has 0 radical (unpaired) electrons. The van der Waals surface area contributed by atoms with Crippen LogP contribution < -0.4 is 0 Å². The number of hydrogen-bond donors (Lipinski definition) is 0. The molecule has 0 saturated carbocycles. The molecule has 0 saturated heterocycles. The highest BCUT2D eigenvalue weighted by Crippen LogP contribution is 2.46. The van der Waals surface area contributed by atoms with Gasteiger partial charge in [-0.3, -0.25) is 0 Å². The van der Waals surface area contributed by atoms with Crippen LogP contribution in [0, 0.1) is 6.92 Å². The van der Waals surface area contributed by atoms with E-state index in [0.717, 1.165) is 12.0 Å². The van der Waals surface area contributed by atoms with Crippen LogP contribution in [0.3, 0.4) is 0 Å². The number of rotatable bonds is 7. The second-order valence-electron chi connectivity index (χ2n) is 15.5. The van der Waals surface area contributed by atoms with Gasteiger partial charge in [0.05, 0.1) is 0 Å². The predicted octanol–water partition coefficient (Wildman–Crippen LogP) is 15.9. The van der Waals surface area contributed by atoms with Crippen molar-refractivity contribution in [3.05, 3.63) is 223 Å². The summed E-state index contributed by atoms with van der Waals surface area (Å²) in [7, 11) is 0. The largest absolute Gasteiger partial charge is 0.0955 e. The van der Waals surface area contributed by atoms with Crippen molar-refractivity contribution in [3.63, 3.8) is 0 Å². The zero-order valence-corrected chi connectivity index (χ0v) is 32.4. The van der Waals surface area contributed by atoms with E-state index >= 15 is 0 Å². The lowest BCUT2D eigenvalue weighted by Gasteiger charge is -2.20. The van der Waals surface area contributed by atoms with Crippen molar-refractivity contribution in [3.8, 4) is 44.5 Å². The average molecular weight is 727 g/mol. The summed E-state index contributed by atoms with van der Waals surface area (Å²) in [4.78, 5) is 0. The quantitative estimate of drug-likeness (QED) is 0.143. The fourth-order valence-electron chi connectivity index (χ4n) is 9.14. The van der Waals surface area contributed by atoms with Gasteiger partial charge in [0.1, 0.15) is 0 Å². The Morgan fingerprint density at radius 1 is 0.351 bits per heavy atom. The molecule has 270 valence electrons. The number of allylic oxidation sites excluding steroid dienone is 1. The minimum atomic E-state index is 0.819. The topological polar surface area (TPSA) is 0 Å². The van der Waals surface area contributed by atoms with Gasteiger partial charge >= 0.3 is 0 Å². The maximum atomic E-state index is 4.53. The van der Waals surface area contributed by atoms with Crippen LogP contribution in [0.15, 0.2) is 201 Å². The molecule has 0 bridgehead atoms. The van der Waals surface area contributed by atoms with Crippen molar-refractivity contribution in [2.24, 2.45) is 0 Å². The minimum absolute atomic E-state index is 0.819. The molecule has 0 nitrogen and oxygen atoms in total. The van der Waals surface area contributed by atoms with Crippen LogP contribution in [0.1, 0.15) is 29.2 Å². The average Bonchev–Trinajstić information content (AvgIpc) is 3.26. The Hall–Kier alpha value is -7.02. The third-order valence-corrected chi connectivity index (χ3v) is 11.8. The molecule has 0 heteroatoms. The molecule has 0 N–H and O–H groups in total. The van der Waals surface area contributed by atoms with Crippen LogP contribution in [-0.2, 0) is 6.42 Å². The smallest absolute Gasteiger partial charge is 0.00253 e. The number of aryl methyl sites for hydroxylation is 1. The number of fused-ring (bicyclic) bond motifs is 4. The van der Waals surface area contributed by atoms with Crippen LogP contribution in [0.25, 0.3) is 93.2 Å². The van der Waals surface area contributed by atoms with E-state index in [0.29, 0.717) is 0 Å². The maximum Gasteiger partial charge on any atom is -0.00253 e. The molecule has 10 aromatic rings. The fourth-order valence-corrected chi connectivity index (χ4v) is 9.14. The van der Waals surface area contributed by atoms with E-state index in [2.05, 4.69) is 215 Å². The molecule has 10 rings (SSSR count). The van der Waals surface area contributed by atoms with Gasteiger partial charge in [-0.15, -0.1) is 0 Å². The van der Waals surface area contributed by atoms with Crippen molar-refractivity contribution < 1.29 is 0 Å². The van der Waals surface area contributed by atoms with Gasteiger partial charge in [0.15, 0.2) is 0 Å². The van der Waals surface area contributed by atoms with E-state index in [4.69, 9.17) is 0 Å². The lowest BCUT2D eigenvalue weighted by atomic mass is 9.83. The zero-order valence-electron chi connectivity index (χ0n) is 32.4. The zero-order chi connectivity index (χ0) is 38.5.